The minimum Gasteiger partial charge on any atom is -0.492 e. The normalized spacial score (nSPS) is 14.8. The van der Waals surface area contributed by atoms with E-state index in [1.807, 2.05) is 6.92 Å². The van der Waals surface area contributed by atoms with Crippen LogP contribution in [0.25, 0.3) is 0 Å². The number of benzene rings is 1. The lowest BCUT2D eigenvalue weighted by atomic mass is 9.96. The molecule has 2 nitrogen and oxygen atoms in total. The monoisotopic (exact) mass is 212 g/mol. The maximum atomic E-state index is 9.14. The highest BCUT2D eigenvalue weighted by atomic mass is 35.5. The minimum atomic E-state index is 0.0405. The van der Waals surface area contributed by atoms with Crippen LogP contribution in [0.3, 0.4) is 0 Å². The van der Waals surface area contributed by atoms with Gasteiger partial charge in [0.15, 0.2) is 0 Å². The van der Waals surface area contributed by atoms with Crippen molar-refractivity contribution in [2.24, 2.45) is 0 Å². The molecule has 0 bridgehead atoms. The van der Waals surface area contributed by atoms with Gasteiger partial charge >= 0.3 is 0 Å². The lowest BCUT2D eigenvalue weighted by Crippen LogP contribution is -2.11. The van der Waals surface area contributed by atoms with Gasteiger partial charge in [-0.25, -0.2) is 0 Å². The molecule has 1 aromatic carbocycles. The van der Waals surface area contributed by atoms with Crippen molar-refractivity contribution in [1.29, 1.82) is 0 Å². The zero-order valence-electron chi connectivity index (χ0n) is 8.14. The Bertz CT molecular complexity index is 361. The van der Waals surface area contributed by atoms with Crippen molar-refractivity contribution >= 4 is 11.6 Å². The Morgan fingerprint density at radius 1 is 1.57 bits per heavy atom. The Morgan fingerprint density at radius 3 is 3.07 bits per heavy atom. The van der Waals surface area contributed by atoms with Crippen LogP contribution >= 0.6 is 11.6 Å². The lowest BCUT2D eigenvalue weighted by Gasteiger charge is -2.22. The molecule has 0 fully saturated rings. The van der Waals surface area contributed by atoms with E-state index >= 15 is 0 Å². The quantitative estimate of drug-likeness (QED) is 0.775. The molecule has 1 N–H and O–H groups in total. The van der Waals surface area contributed by atoms with Gasteiger partial charge in [-0.2, -0.15) is 0 Å². The van der Waals surface area contributed by atoms with Gasteiger partial charge in [0, 0.05) is 0 Å². The second-order valence-electron chi connectivity index (χ2n) is 3.56. The largest absolute Gasteiger partial charge is 0.492 e. The van der Waals surface area contributed by atoms with Gasteiger partial charge in [-0.15, -0.1) is 0 Å². The zero-order valence-corrected chi connectivity index (χ0v) is 8.90. The molecule has 1 heterocycles. The number of halogens is 1. The van der Waals surface area contributed by atoms with E-state index in [2.05, 4.69) is 0 Å². The van der Waals surface area contributed by atoms with E-state index in [9.17, 15) is 0 Å². The third-order valence-corrected chi connectivity index (χ3v) is 2.99. The van der Waals surface area contributed by atoms with E-state index in [-0.39, 0.29) is 6.61 Å². The number of hydrogen-bond acceptors (Lipinski definition) is 2. The lowest BCUT2D eigenvalue weighted by molar-refractivity contribution is 0.275. The summed E-state index contributed by atoms with van der Waals surface area (Å²) >= 11 is 6.06. The van der Waals surface area contributed by atoms with Crippen molar-refractivity contribution in [2.75, 3.05) is 6.61 Å². The SMILES string of the molecule is Cc1c(CO)cc(Cl)c2c1CCCO2. The first kappa shape index (κ1) is 9.81. The van der Waals surface area contributed by atoms with Crippen LogP contribution in [0.15, 0.2) is 6.07 Å². The maximum absolute atomic E-state index is 9.14. The maximum Gasteiger partial charge on any atom is 0.141 e. The van der Waals surface area contributed by atoms with Crippen LogP contribution in [0.2, 0.25) is 5.02 Å². The van der Waals surface area contributed by atoms with Gasteiger partial charge in [-0.05, 0) is 42.5 Å². The van der Waals surface area contributed by atoms with Gasteiger partial charge in [0.25, 0.3) is 0 Å². The van der Waals surface area contributed by atoms with Crippen LogP contribution in [0.4, 0.5) is 0 Å². The Morgan fingerprint density at radius 2 is 2.36 bits per heavy atom. The first-order chi connectivity index (χ1) is 6.74. The minimum absolute atomic E-state index is 0.0405. The number of aliphatic hydroxyl groups is 1. The Balaban J connectivity index is 2.58. The molecule has 0 aromatic heterocycles. The van der Waals surface area contributed by atoms with Gasteiger partial charge in [0.05, 0.1) is 18.2 Å². The van der Waals surface area contributed by atoms with Crippen molar-refractivity contribution < 1.29 is 9.84 Å². The molecule has 3 heteroatoms. The molecule has 0 unspecified atom stereocenters. The van der Waals surface area contributed by atoms with Crippen LogP contribution in [-0.2, 0) is 13.0 Å². The Labute approximate surface area is 88.5 Å². The summed E-state index contributed by atoms with van der Waals surface area (Å²) in [6.45, 7) is 2.79. The molecule has 0 aliphatic carbocycles. The van der Waals surface area contributed by atoms with Crippen LogP contribution in [0.1, 0.15) is 23.1 Å². The van der Waals surface area contributed by atoms with E-state index in [1.54, 1.807) is 6.07 Å². The van der Waals surface area contributed by atoms with Crippen molar-refractivity contribution in [2.45, 2.75) is 26.4 Å². The van der Waals surface area contributed by atoms with Gasteiger partial charge < -0.3 is 9.84 Å². The first-order valence-corrected chi connectivity index (χ1v) is 5.16. The highest BCUT2D eigenvalue weighted by molar-refractivity contribution is 6.32. The van der Waals surface area contributed by atoms with Crippen LogP contribution in [0.5, 0.6) is 5.75 Å². The summed E-state index contributed by atoms with van der Waals surface area (Å²) < 4.78 is 5.52. The van der Waals surface area contributed by atoms with E-state index in [0.717, 1.165) is 41.9 Å². The summed E-state index contributed by atoms with van der Waals surface area (Å²) in [7, 11) is 0. The fourth-order valence-electron chi connectivity index (χ4n) is 1.88. The van der Waals surface area contributed by atoms with Crippen LogP contribution < -0.4 is 4.74 Å². The molecule has 14 heavy (non-hydrogen) atoms. The summed E-state index contributed by atoms with van der Waals surface area (Å²) in [5.74, 6) is 0.813. The standard InChI is InChI=1S/C11H13ClO2/c1-7-8(6-13)5-10(12)11-9(7)3-2-4-14-11/h5,13H,2-4,6H2,1H3. The molecule has 2 rings (SSSR count). The molecule has 0 radical (unpaired) electrons. The predicted octanol–water partition coefficient (Wildman–Crippen LogP) is 2.47. The fraction of sp³-hybridized carbons (Fsp3) is 0.455. The Hall–Kier alpha value is -0.730. The molecular weight excluding hydrogens is 200 g/mol. The summed E-state index contributed by atoms with van der Waals surface area (Å²) in [5.41, 5.74) is 3.18. The fourth-order valence-corrected chi connectivity index (χ4v) is 2.18. The molecule has 0 saturated heterocycles. The number of aliphatic hydroxyl groups excluding tert-OH is 1. The molecule has 76 valence electrons. The average molecular weight is 213 g/mol. The molecule has 1 aliphatic rings. The van der Waals surface area contributed by atoms with Gasteiger partial charge in [-0.3, -0.25) is 0 Å². The molecule has 0 amide bonds. The number of hydrogen-bond donors (Lipinski definition) is 1. The highest BCUT2D eigenvalue weighted by Gasteiger charge is 2.18. The van der Waals surface area contributed by atoms with Gasteiger partial charge in [-0.1, -0.05) is 11.6 Å². The van der Waals surface area contributed by atoms with Crippen molar-refractivity contribution in [3.8, 4) is 5.75 Å². The zero-order chi connectivity index (χ0) is 10.1. The summed E-state index contributed by atoms with van der Waals surface area (Å²) in [6, 6.07) is 1.79. The first-order valence-electron chi connectivity index (χ1n) is 4.78. The third kappa shape index (κ3) is 1.49. The van der Waals surface area contributed by atoms with Crippen molar-refractivity contribution in [3.63, 3.8) is 0 Å². The third-order valence-electron chi connectivity index (χ3n) is 2.71. The molecule has 1 aliphatic heterocycles. The predicted molar refractivity (Wildman–Crippen MR) is 55.9 cm³/mol. The number of rotatable bonds is 1. The average Bonchev–Trinajstić information content (AvgIpc) is 2.23. The molecule has 0 saturated carbocycles. The highest BCUT2D eigenvalue weighted by Crippen LogP contribution is 2.36. The summed E-state index contributed by atoms with van der Waals surface area (Å²) in [6.07, 6.45) is 2.02. The van der Waals surface area contributed by atoms with Crippen molar-refractivity contribution in [3.05, 3.63) is 27.8 Å². The number of ether oxygens (including phenoxy) is 1. The second-order valence-corrected chi connectivity index (χ2v) is 3.97. The summed E-state index contributed by atoms with van der Waals surface area (Å²) in [5, 5.41) is 9.76. The summed E-state index contributed by atoms with van der Waals surface area (Å²) in [4.78, 5) is 0. The van der Waals surface area contributed by atoms with E-state index in [1.165, 1.54) is 0 Å². The van der Waals surface area contributed by atoms with Crippen LogP contribution in [-0.4, -0.2) is 11.7 Å². The smallest absolute Gasteiger partial charge is 0.141 e. The Kier molecular flexibility index (Phi) is 2.66. The molecule has 1 aromatic rings. The molecule has 0 spiro atoms. The van der Waals surface area contributed by atoms with Crippen molar-refractivity contribution in [1.82, 2.24) is 0 Å². The van der Waals surface area contributed by atoms with Crippen LogP contribution in [0, 0.1) is 6.92 Å². The van der Waals surface area contributed by atoms with Gasteiger partial charge in [0.2, 0.25) is 0 Å². The molecule has 0 atom stereocenters. The van der Waals surface area contributed by atoms with Gasteiger partial charge in [0.1, 0.15) is 5.75 Å². The molecular formula is C11H13ClO2. The van der Waals surface area contributed by atoms with E-state index < -0.39 is 0 Å². The number of fused-ring (bicyclic) bond motifs is 1. The second kappa shape index (κ2) is 3.79. The van der Waals surface area contributed by atoms with E-state index in [0.29, 0.717) is 5.02 Å². The van der Waals surface area contributed by atoms with E-state index in [4.69, 9.17) is 21.4 Å². The topological polar surface area (TPSA) is 29.5 Å².